The Morgan fingerprint density at radius 3 is 2.12 bits per heavy atom. The highest BCUT2D eigenvalue weighted by Gasteiger charge is 2.43. The fourth-order valence-electron chi connectivity index (χ4n) is 7.61. The van der Waals surface area contributed by atoms with Gasteiger partial charge >= 0.3 is 12.0 Å². The molecular formula is C45H62N12O10. The molecular weight excluding hydrogens is 869 g/mol. The van der Waals surface area contributed by atoms with Crippen LogP contribution in [0.15, 0.2) is 71.7 Å². The Kier molecular flexibility index (Phi) is 19.4. The van der Waals surface area contributed by atoms with Gasteiger partial charge < -0.3 is 54.0 Å². The number of ether oxygens (including phenoxy) is 1. The van der Waals surface area contributed by atoms with Crippen molar-refractivity contribution in [3.05, 3.63) is 77.9 Å². The largest absolute Gasteiger partial charge is 0.508 e. The number of carbonyl (C=O) groups excluding carboxylic acids is 8. The number of urea groups is 1. The number of phenols is 1. The Balaban J connectivity index is 1.80. The number of carbonyl (C=O) groups is 8. The van der Waals surface area contributed by atoms with Gasteiger partial charge in [0, 0.05) is 26.4 Å². The maximum Gasteiger partial charge on any atom is 0.330 e. The molecule has 0 spiro atoms. The number of aromatic hydroxyl groups is 1. The molecule has 1 saturated heterocycles. The first kappa shape index (κ1) is 52.3. The van der Waals surface area contributed by atoms with Crippen LogP contribution in [-0.2, 0) is 51.1 Å². The number of nitrogens with one attached hydrogen (secondary N) is 4. The number of fused-ring (bicyclic) bond motifs is 1. The number of primary amides is 1. The number of benzene rings is 3. The molecule has 0 aromatic heterocycles. The zero-order valence-corrected chi connectivity index (χ0v) is 37.8. The number of nitrogens with zero attached hydrogens (tertiary/aromatic N) is 3. The van der Waals surface area contributed by atoms with Crippen molar-refractivity contribution in [1.29, 1.82) is 0 Å². The molecule has 67 heavy (non-hydrogen) atoms. The fourth-order valence-corrected chi connectivity index (χ4v) is 7.61. The Morgan fingerprint density at radius 1 is 0.821 bits per heavy atom. The van der Waals surface area contributed by atoms with Gasteiger partial charge in [0.25, 0.3) is 11.8 Å². The van der Waals surface area contributed by atoms with Gasteiger partial charge in [-0.3, -0.25) is 48.9 Å². The molecule has 1 heterocycles. The fraction of sp³-hybridized carbons (Fsp3) is 0.444. The van der Waals surface area contributed by atoms with E-state index < -0.39 is 90.3 Å². The molecule has 1 fully saturated rings. The summed E-state index contributed by atoms with van der Waals surface area (Å²) in [7, 11) is 0. The van der Waals surface area contributed by atoms with Gasteiger partial charge in [-0.15, -0.1) is 0 Å². The lowest BCUT2D eigenvalue weighted by Crippen LogP contribution is -2.64. The molecule has 6 atom stereocenters. The summed E-state index contributed by atoms with van der Waals surface area (Å²) < 4.78 is 4.93. The average Bonchev–Trinajstić information content (AvgIpc) is 3.78. The van der Waals surface area contributed by atoms with Crippen LogP contribution in [-0.4, -0.2) is 124 Å². The Hall–Kier alpha value is -7.33. The summed E-state index contributed by atoms with van der Waals surface area (Å²) >= 11 is 0. The van der Waals surface area contributed by atoms with Gasteiger partial charge in [0.1, 0.15) is 42.6 Å². The monoisotopic (exact) mass is 930 g/mol. The second kappa shape index (κ2) is 24.8. The van der Waals surface area contributed by atoms with Crippen molar-refractivity contribution in [3.63, 3.8) is 0 Å². The van der Waals surface area contributed by atoms with Crippen molar-refractivity contribution in [2.24, 2.45) is 39.6 Å². The number of imide groups is 1. The van der Waals surface area contributed by atoms with Crippen molar-refractivity contribution in [1.82, 2.24) is 31.3 Å². The van der Waals surface area contributed by atoms with Crippen LogP contribution in [0.25, 0.3) is 10.8 Å². The van der Waals surface area contributed by atoms with Gasteiger partial charge in [-0.1, -0.05) is 68.4 Å². The quantitative estimate of drug-likeness (QED) is 0.0202. The molecule has 3 aromatic carbocycles. The van der Waals surface area contributed by atoms with E-state index in [1.54, 1.807) is 19.9 Å². The number of hydrogen-bond donors (Lipinski definition) is 10. The minimum atomic E-state index is -1.65. The Morgan fingerprint density at radius 2 is 1.48 bits per heavy atom. The SMILES string of the molecule is CC(=O)OC[C@H](N)C(=O)N[C@@H](Cc1ccc(O)cc1)C(=O)N(C(=O)[C@H](N)Cc1ccc2ccccc2c1)[C@@H](CC(C)C)C(=O)N[C@@H](CCCN=C(N)N)C(=O)N1CCC[C@H]1C(=O)NNC(N)=O. The van der Waals surface area contributed by atoms with Crippen LogP contribution in [0.5, 0.6) is 5.75 Å². The smallest absolute Gasteiger partial charge is 0.330 e. The second-order valence-electron chi connectivity index (χ2n) is 16.7. The normalized spacial score (nSPS) is 15.6. The zero-order chi connectivity index (χ0) is 49.4. The summed E-state index contributed by atoms with van der Waals surface area (Å²) in [5.74, 6) is -6.72. The number of likely N-dealkylation sites (tertiary alicyclic amines) is 1. The molecule has 1 aliphatic rings. The number of hydrogen-bond acceptors (Lipinski definition) is 13. The van der Waals surface area contributed by atoms with E-state index >= 15 is 4.79 Å². The predicted molar refractivity (Wildman–Crippen MR) is 247 cm³/mol. The molecule has 362 valence electrons. The number of nitrogens with two attached hydrogens (primary N) is 5. The molecule has 0 unspecified atom stereocenters. The number of hydrazine groups is 1. The van der Waals surface area contributed by atoms with E-state index in [1.807, 2.05) is 41.8 Å². The van der Waals surface area contributed by atoms with Crippen molar-refractivity contribution in [3.8, 4) is 5.75 Å². The average molecular weight is 931 g/mol. The summed E-state index contributed by atoms with van der Waals surface area (Å²) in [5.41, 5.74) is 34.2. The molecule has 1 aliphatic heterocycles. The summed E-state index contributed by atoms with van der Waals surface area (Å²) in [6.45, 7) is 4.23. The van der Waals surface area contributed by atoms with Crippen molar-refractivity contribution in [2.45, 2.75) is 102 Å². The third kappa shape index (κ3) is 15.7. The van der Waals surface area contributed by atoms with Gasteiger partial charge in [-0.05, 0) is 78.5 Å². The molecule has 4 rings (SSSR count). The highest BCUT2D eigenvalue weighted by Crippen LogP contribution is 2.23. The van der Waals surface area contributed by atoms with Crippen LogP contribution in [0.4, 0.5) is 4.79 Å². The number of phenolic OH excluding ortho intramolecular Hbond substituents is 1. The maximum atomic E-state index is 15.3. The van der Waals surface area contributed by atoms with Gasteiger partial charge in [0.15, 0.2) is 5.96 Å². The third-order valence-electron chi connectivity index (χ3n) is 10.9. The molecule has 8 amide bonds. The van der Waals surface area contributed by atoms with E-state index in [1.165, 1.54) is 29.2 Å². The molecule has 0 saturated carbocycles. The second-order valence-corrected chi connectivity index (χ2v) is 16.7. The standard InChI is InChI=1S/C45H62N12O10/c1-25(2)20-37(39(61)52-34(10-6-18-51-44(48)49)42(64)56-19-7-11-36(56)40(62)54-55-45(50)66)57(41(63)32(46)22-28-12-15-29-8-4-5-9-30(29)21-28)43(65)35(23-27-13-16-31(59)17-14-27)53-38(60)33(47)24-67-26(3)58/h4-5,8-9,12-17,21,25,32-37,59H,6-7,10-11,18-20,22-24,46-47H2,1-3H3,(H,52,61)(H,53,60)(H,54,62)(H4,48,49,51)(H3,50,55,66)/t32-,33+,34+,35+,36+,37+/m1/s1. The highest BCUT2D eigenvalue weighted by molar-refractivity contribution is 6.06. The molecule has 3 aromatic rings. The van der Waals surface area contributed by atoms with Crippen LogP contribution in [0, 0.1) is 5.92 Å². The number of aliphatic imine (C=N–C) groups is 1. The summed E-state index contributed by atoms with van der Waals surface area (Å²) in [6, 6.07) is 9.11. The van der Waals surface area contributed by atoms with Crippen LogP contribution >= 0.6 is 0 Å². The van der Waals surface area contributed by atoms with Crippen molar-refractivity contribution >= 4 is 64.2 Å². The predicted octanol–water partition coefficient (Wildman–Crippen LogP) is -0.968. The highest BCUT2D eigenvalue weighted by atomic mass is 16.5. The number of rotatable bonds is 21. The minimum Gasteiger partial charge on any atom is -0.508 e. The van der Waals surface area contributed by atoms with E-state index in [0.717, 1.165) is 17.7 Å². The van der Waals surface area contributed by atoms with E-state index in [2.05, 4.69) is 21.1 Å². The molecule has 22 nitrogen and oxygen atoms in total. The lowest BCUT2D eigenvalue weighted by molar-refractivity contribution is -0.156. The first-order chi connectivity index (χ1) is 31.7. The molecule has 0 aliphatic carbocycles. The first-order valence-corrected chi connectivity index (χ1v) is 21.8. The van der Waals surface area contributed by atoms with Crippen LogP contribution in [0.1, 0.15) is 64.0 Å². The van der Waals surface area contributed by atoms with E-state index in [9.17, 15) is 38.7 Å². The van der Waals surface area contributed by atoms with Gasteiger partial charge in [-0.25, -0.2) is 10.2 Å². The van der Waals surface area contributed by atoms with Gasteiger partial charge in [0.05, 0.1) is 6.04 Å². The number of esters is 1. The lowest BCUT2D eigenvalue weighted by atomic mass is 9.96. The topological polar surface area (TPSA) is 363 Å². The molecule has 22 heteroatoms. The van der Waals surface area contributed by atoms with Gasteiger partial charge in [-0.2, -0.15) is 0 Å². The lowest BCUT2D eigenvalue weighted by Gasteiger charge is -2.36. The summed E-state index contributed by atoms with van der Waals surface area (Å²) in [5, 5.41) is 17.1. The summed E-state index contributed by atoms with van der Waals surface area (Å²) in [4.78, 5) is 115. The third-order valence-corrected chi connectivity index (χ3v) is 10.9. The zero-order valence-electron chi connectivity index (χ0n) is 37.8. The summed E-state index contributed by atoms with van der Waals surface area (Å²) in [6.07, 6.45) is 0.191. The van der Waals surface area contributed by atoms with Gasteiger partial charge in [0.2, 0.25) is 23.6 Å². The molecule has 0 bridgehead atoms. The van der Waals surface area contributed by atoms with E-state index in [4.69, 9.17) is 33.4 Å². The van der Waals surface area contributed by atoms with E-state index in [-0.39, 0.29) is 69.2 Å². The van der Waals surface area contributed by atoms with Crippen LogP contribution < -0.4 is 50.2 Å². The minimum absolute atomic E-state index is 0.0504. The number of guanidine groups is 1. The van der Waals surface area contributed by atoms with Crippen LogP contribution in [0.3, 0.4) is 0 Å². The Labute approximate surface area is 387 Å². The van der Waals surface area contributed by atoms with E-state index in [0.29, 0.717) is 22.4 Å². The van der Waals surface area contributed by atoms with Crippen molar-refractivity contribution in [2.75, 3.05) is 19.7 Å². The van der Waals surface area contributed by atoms with Crippen molar-refractivity contribution < 1.29 is 48.2 Å². The molecule has 0 radical (unpaired) electrons. The Bertz CT molecular complexity index is 2290. The molecule has 15 N–H and O–H groups in total. The number of amides is 8. The first-order valence-electron chi connectivity index (χ1n) is 21.8. The maximum absolute atomic E-state index is 15.3. The van der Waals surface area contributed by atoms with Crippen LogP contribution in [0.2, 0.25) is 0 Å².